The van der Waals surface area contributed by atoms with Gasteiger partial charge in [0.15, 0.2) is 5.75 Å². The quantitative estimate of drug-likeness (QED) is 0.206. The first-order valence-electron chi connectivity index (χ1n) is 15.3. The number of aromatic nitrogens is 3. The third-order valence-electron chi connectivity index (χ3n) is 9.01. The molecule has 0 unspecified atom stereocenters. The zero-order valence-electron chi connectivity index (χ0n) is 25.8. The third-order valence-corrected chi connectivity index (χ3v) is 9.31. The fourth-order valence-corrected chi connectivity index (χ4v) is 7.16. The standard InChI is InChI=1S/C36H34ClN5O3/c1-6-28(43)40-15-16-41(22(5)18-40)35-26-17-27(37)30-29-24(12-11-23-9-7-8-10-25(23)29)19-45-34(30)33(26)42(36(44)39-35)32-21(4)13-14-38-31(32)20(2)3/h6-14,17,20,22H,1,15-16,18-19H2,2-5H3/t22-/m0/s1. The van der Waals surface area contributed by atoms with E-state index in [0.29, 0.717) is 59.4 Å². The lowest BCUT2D eigenvalue weighted by Gasteiger charge is -2.40. The van der Waals surface area contributed by atoms with Crippen LogP contribution in [0.5, 0.6) is 5.75 Å². The smallest absolute Gasteiger partial charge is 0.354 e. The van der Waals surface area contributed by atoms with E-state index in [1.54, 1.807) is 15.7 Å². The summed E-state index contributed by atoms with van der Waals surface area (Å²) in [5.74, 6) is 1.01. The Bertz CT molecular complexity index is 2100. The number of rotatable bonds is 4. The van der Waals surface area contributed by atoms with Crippen molar-refractivity contribution >= 4 is 45.0 Å². The summed E-state index contributed by atoms with van der Waals surface area (Å²) in [6.07, 6.45) is 3.12. The highest BCUT2D eigenvalue weighted by Gasteiger charge is 2.33. The van der Waals surface area contributed by atoms with Crippen LogP contribution in [-0.4, -0.2) is 51.0 Å². The van der Waals surface area contributed by atoms with Crippen LogP contribution in [0.4, 0.5) is 5.82 Å². The first-order chi connectivity index (χ1) is 21.7. The normalized spacial score (nSPS) is 16.1. The predicted molar refractivity (Wildman–Crippen MR) is 180 cm³/mol. The summed E-state index contributed by atoms with van der Waals surface area (Å²) in [5, 5.41) is 3.39. The van der Waals surface area contributed by atoms with E-state index >= 15 is 0 Å². The van der Waals surface area contributed by atoms with E-state index in [1.807, 2.05) is 38.1 Å². The van der Waals surface area contributed by atoms with Crippen LogP contribution in [0.3, 0.4) is 0 Å². The molecule has 5 aromatic rings. The molecule has 0 spiro atoms. The number of aryl methyl sites for hydroxylation is 1. The molecule has 0 radical (unpaired) electrons. The second-order valence-corrected chi connectivity index (χ2v) is 12.6. The molecule has 8 nitrogen and oxygen atoms in total. The van der Waals surface area contributed by atoms with Crippen molar-refractivity contribution in [2.24, 2.45) is 0 Å². The first-order valence-corrected chi connectivity index (χ1v) is 15.6. The topological polar surface area (TPSA) is 80.6 Å². The van der Waals surface area contributed by atoms with Crippen LogP contribution in [0, 0.1) is 6.92 Å². The van der Waals surface area contributed by atoms with Crippen molar-refractivity contribution in [2.75, 3.05) is 24.5 Å². The van der Waals surface area contributed by atoms with Gasteiger partial charge in [-0.3, -0.25) is 14.3 Å². The Hall–Kier alpha value is -4.69. The minimum Gasteiger partial charge on any atom is -0.486 e. The van der Waals surface area contributed by atoms with Gasteiger partial charge in [0.25, 0.3) is 0 Å². The minimum atomic E-state index is -0.427. The van der Waals surface area contributed by atoms with Crippen LogP contribution >= 0.6 is 11.6 Å². The minimum absolute atomic E-state index is 0.0470. The molecular formula is C36H34ClN5O3. The molecule has 0 N–H and O–H groups in total. The van der Waals surface area contributed by atoms with Crippen molar-refractivity contribution in [1.29, 1.82) is 0 Å². The van der Waals surface area contributed by atoms with E-state index in [0.717, 1.165) is 38.7 Å². The van der Waals surface area contributed by atoms with Gasteiger partial charge in [0.05, 0.1) is 16.4 Å². The van der Waals surface area contributed by atoms with Gasteiger partial charge in [0.1, 0.15) is 17.9 Å². The molecule has 1 saturated heterocycles. The molecule has 2 aliphatic rings. The van der Waals surface area contributed by atoms with Gasteiger partial charge in [0.2, 0.25) is 5.91 Å². The monoisotopic (exact) mass is 619 g/mol. The lowest BCUT2D eigenvalue weighted by atomic mass is 9.90. The van der Waals surface area contributed by atoms with Crippen LogP contribution in [0.25, 0.3) is 38.5 Å². The number of carbonyl (C=O) groups is 1. The van der Waals surface area contributed by atoms with Crippen LogP contribution in [0.2, 0.25) is 5.02 Å². The summed E-state index contributed by atoms with van der Waals surface area (Å²) >= 11 is 7.24. The fourth-order valence-electron chi connectivity index (χ4n) is 6.87. The lowest BCUT2D eigenvalue weighted by molar-refractivity contribution is -0.126. The largest absolute Gasteiger partial charge is 0.486 e. The van der Waals surface area contributed by atoms with Gasteiger partial charge in [-0.1, -0.05) is 68.4 Å². The van der Waals surface area contributed by atoms with Crippen molar-refractivity contribution in [3.63, 3.8) is 0 Å². The Morgan fingerprint density at radius 1 is 1.11 bits per heavy atom. The second-order valence-electron chi connectivity index (χ2n) is 12.2. The fraction of sp³-hybridized carbons (Fsp3) is 0.278. The van der Waals surface area contributed by atoms with Gasteiger partial charge >= 0.3 is 5.69 Å². The highest BCUT2D eigenvalue weighted by molar-refractivity contribution is 6.36. The van der Waals surface area contributed by atoms with Gasteiger partial charge in [0, 0.05) is 48.4 Å². The summed E-state index contributed by atoms with van der Waals surface area (Å²) in [4.78, 5) is 40.1. The number of amides is 1. The maximum absolute atomic E-state index is 14.4. The van der Waals surface area contributed by atoms with E-state index in [1.165, 1.54) is 6.08 Å². The number of carbonyl (C=O) groups excluding carboxylic acids is 1. The number of hydrogen-bond donors (Lipinski definition) is 0. The van der Waals surface area contributed by atoms with Crippen LogP contribution < -0.4 is 15.3 Å². The summed E-state index contributed by atoms with van der Waals surface area (Å²) in [6, 6.07) is 16.1. The maximum Gasteiger partial charge on any atom is 0.354 e. The van der Waals surface area contributed by atoms with Crippen molar-refractivity contribution in [2.45, 2.75) is 46.3 Å². The van der Waals surface area contributed by atoms with Crippen molar-refractivity contribution in [1.82, 2.24) is 19.4 Å². The zero-order valence-corrected chi connectivity index (χ0v) is 26.6. The summed E-state index contributed by atoms with van der Waals surface area (Å²) in [7, 11) is 0. The average molecular weight is 620 g/mol. The molecule has 1 amide bonds. The highest BCUT2D eigenvalue weighted by Crippen LogP contribution is 2.50. The Morgan fingerprint density at radius 3 is 2.67 bits per heavy atom. The van der Waals surface area contributed by atoms with Gasteiger partial charge in [-0.25, -0.2) is 4.79 Å². The van der Waals surface area contributed by atoms with Gasteiger partial charge in [-0.15, -0.1) is 0 Å². The van der Waals surface area contributed by atoms with E-state index in [4.69, 9.17) is 26.3 Å². The van der Waals surface area contributed by atoms with Crippen LogP contribution in [0.15, 0.2) is 72.2 Å². The highest BCUT2D eigenvalue weighted by atomic mass is 35.5. The molecule has 0 saturated carbocycles. The van der Waals surface area contributed by atoms with Crippen molar-refractivity contribution in [3.8, 4) is 22.6 Å². The number of fused-ring (bicyclic) bond motifs is 7. The average Bonchev–Trinajstić information content (AvgIpc) is 3.04. The first kappa shape index (κ1) is 29.0. The molecule has 4 heterocycles. The van der Waals surface area contributed by atoms with Gasteiger partial charge in [-0.2, -0.15) is 4.98 Å². The molecule has 228 valence electrons. The molecule has 2 aliphatic heterocycles. The summed E-state index contributed by atoms with van der Waals surface area (Å²) in [5.41, 5.74) is 5.38. The number of nitrogens with zero attached hydrogens (tertiary/aromatic N) is 5. The number of ether oxygens (including phenoxy) is 1. The molecule has 45 heavy (non-hydrogen) atoms. The van der Waals surface area contributed by atoms with Gasteiger partial charge < -0.3 is 14.5 Å². The number of halogens is 1. The SMILES string of the molecule is C=CC(=O)N1CCN(c2nc(=O)n(-c3c(C)ccnc3C(C)C)c3c4c(c(Cl)cc23)-c2c(ccc3ccccc23)CO4)[C@@H](C)C1. The molecule has 7 rings (SSSR count). The molecule has 9 heteroatoms. The van der Waals surface area contributed by atoms with E-state index in [-0.39, 0.29) is 17.9 Å². The molecule has 1 atom stereocenters. The Morgan fingerprint density at radius 2 is 1.91 bits per heavy atom. The van der Waals surface area contributed by atoms with Crippen LogP contribution in [-0.2, 0) is 11.4 Å². The molecule has 0 bridgehead atoms. The molecule has 0 aliphatic carbocycles. The van der Waals surface area contributed by atoms with Crippen molar-refractivity contribution in [3.05, 3.63) is 99.7 Å². The van der Waals surface area contributed by atoms with E-state index in [9.17, 15) is 9.59 Å². The number of piperazine rings is 1. The lowest BCUT2D eigenvalue weighted by Crippen LogP contribution is -2.54. The number of pyridine rings is 1. The second kappa shape index (κ2) is 11.0. The Labute approximate surface area is 266 Å². The Balaban J connectivity index is 1.58. The predicted octanol–water partition coefficient (Wildman–Crippen LogP) is 6.80. The summed E-state index contributed by atoms with van der Waals surface area (Å²) < 4.78 is 8.28. The zero-order chi connectivity index (χ0) is 31.6. The van der Waals surface area contributed by atoms with Crippen LogP contribution in [0.1, 0.15) is 43.5 Å². The molecular weight excluding hydrogens is 586 g/mol. The molecule has 2 aromatic heterocycles. The number of hydrogen-bond acceptors (Lipinski definition) is 6. The maximum atomic E-state index is 14.4. The van der Waals surface area contributed by atoms with E-state index < -0.39 is 5.69 Å². The summed E-state index contributed by atoms with van der Waals surface area (Å²) in [6.45, 7) is 13.6. The van der Waals surface area contributed by atoms with Crippen molar-refractivity contribution < 1.29 is 9.53 Å². The Kier molecular flexibility index (Phi) is 7.12. The van der Waals surface area contributed by atoms with E-state index in [2.05, 4.69) is 49.6 Å². The third kappa shape index (κ3) is 4.58. The molecule has 1 fully saturated rings. The number of anilines is 1. The molecule has 3 aromatic carbocycles. The number of benzene rings is 3. The van der Waals surface area contributed by atoms with Gasteiger partial charge in [-0.05, 0) is 59.9 Å².